The predicted molar refractivity (Wildman–Crippen MR) is 101 cm³/mol. The Morgan fingerprint density at radius 3 is 2.41 bits per heavy atom. The van der Waals surface area contributed by atoms with Gasteiger partial charge in [-0.3, -0.25) is 14.4 Å². The lowest BCUT2D eigenvalue weighted by atomic mass is 10.1. The average Bonchev–Trinajstić information content (AvgIpc) is 3.17. The van der Waals surface area contributed by atoms with Crippen LogP contribution in [0.4, 0.5) is 13.2 Å². The van der Waals surface area contributed by atoms with Gasteiger partial charge >= 0.3 is 6.18 Å². The molecule has 1 amide bonds. The molecule has 2 aromatic rings. The van der Waals surface area contributed by atoms with Crippen molar-refractivity contribution in [3.8, 4) is 6.07 Å². The maximum absolute atomic E-state index is 13.6. The number of halogens is 3. The molecule has 2 rings (SSSR count). The van der Waals surface area contributed by atoms with Crippen molar-refractivity contribution in [2.24, 2.45) is 0 Å². The molecule has 2 heterocycles. The highest BCUT2D eigenvalue weighted by molar-refractivity contribution is 8.01. The first kappa shape index (κ1) is 22.6. The Morgan fingerprint density at radius 1 is 1.31 bits per heavy atom. The molecule has 0 radical (unpaired) electrons. The number of nitrogens with zero attached hydrogens (tertiary/aromatic N) is 3. The molecule has 2 aromatic heterocycles. The van der Waals surface area contributed by atoms with E-state index < -0.39 is 45.2 Å². The summed E-state index contributed by atoms with van der Waals surface area (Å²) in [6.45, 7) is 1.12. The van der Waals surface area contributed by atoms with Crippen LogP contribution in [0.3, 0.4) is 0 Å². The largest absolute Gasteiger partial charge is 0.434 e. The molecular formula is C18H14F3N3O3S2. The van der Waals surface area contributed by atoms with E-state index in [1.54, 1.807) is 6.07 Å². The third kappa shape index (κ3) is 5.02. The van der Waals surface area contributed by atoms with Crippen molar-refractivity contribution in [3.05, 3.63) is 45.3 Å². The van der Waals surface area contributed by atoms with Crippen LogP contribution in [-0.4, -0.2) is 46.7 Å². The first-order valence-electron chi connectivity index (χ1n) is 7.96. The van der Waals surface area contributed by atoms with E-state index in [9.17, 15) is 32.8 Å². The number of Topliss-reactive ketones (excluding diaryl/α,β-unsaturated/α-hetero) is 1. The predicted octanol–water partition coefficient (Wildman–Crippen LogP) is 3.40. The van der Waals surface area contributed by atoms with E-state index in [2.05, 4.69) is 4.98 Å². The van der Waals surface area contributed by atoms with Gasteiger partial charge in [0.05, 0.1) is 16.0 Å². The van der Waals surface area contributed by atoms with Crippen LogP contribution >= 0.6 is 23.1 Å². The number of pyridine rings is 1. The van der Waals surface area contributed by atoms with Gasteiger partial charge in [0, 0.05) is 14.1 Å². The van der Waals surface area contributed by atoms with E-state index in [-0.39, 0.29) is 10.4 Å². The standard InChI is InChI=1S/C18H14F3N3O3S2/c1-9(25)14(17(27)24(2)3)29-16-10(8-22)7-11(15(23-16)18(19,20)21)13(26)12-5-4-6-28-12/h4-7,14H,1-3H3/t14-/m1/s1. The number of rotatable bonds is 6. The first-order valence-corrected chi connectivity index (χ1v) is 9.72. The van der Waals surface area contributed by atoms with Gasteiger partial charge in [-0.1, -0.05) is 17.8 Å². The fraction of sp³-hybridized carbons (Fsp3) is 0.278. The van der Waals surface area contributed by atoms with Gasteiger partial charge in [-0.15, -0.1) is 11.3 Å². The molecule has 6 nitrogen and oxygen atoms in total. The summed E-state index contributed by atoms with van der Waals surface area (Å²) in [4.78, 5) is 41.2. The van der Waals surface area contributed by atoms with E-state index in [0.717, 1.165) is 29.2 Å². The van der Waals surface area contributed by atoms with Gasteiger partial charge in [0.25, 0.3) is 0 Å². The second kappa shape index (κ2) is 8.75. The van der Waals surface area contributed by atoms with Gasteiger partial charge in [-0.05, 0) is 24.4 Å². The summed E-state index contributed by atoms with van der Waals surface area (Å²) in [5.74, 6) is -2.17. The lowest BCUT2D eigenvalue weighted by molar-refractivity contribution is -0.141. The molecule has 11 heteroatoms. The molecule has 0 bridgehead atoms. The highest BCUT2D eigenvalue weighted by Crippen LogP contribution is 2.36. The van der Waals surface area contributed by atoms with Crippen LogP contribution < -0.4 is 0 Å². The molecule has 0 aliphatic carbocycles. The van der Waals surface area contributed by atoms with Gasteiger partial charge in [0.2, 0.25) is 11.7 Å². The number of amides is 1. The van der Waals surface area contributed by atoms with Crippen molar-refractivity contribution in [3.63, 3.8) is 0 Å². The summed E-state index contributed by atoms with van der Waals surface area (Å²) < 4.78 is 40.8. The molecule has 0 fully saturated rings. The molecular weight excluding hydrogens is 427 g/mol. The smallest absolute Gasteiger partial charge is 0.347 e. The zero-order chi connectivity index (χ0) is 21.9. The van der Waals surface area contributed by atoms with Crippen LogP contribution in [0.15, 0.2) is 28.6 Å². The van der Waals surface area contributed by atoms with Crippen LogP contribution in [-0.2, 0) is 15.8 Å². The molecule has 152 valence electrons. The number of thioether (sulfide) groups is 1. The first-order chi connectivity index (χ1) is 13.5. The number of carbonyl (C=O) groups is 3. The van der Waals surface area contributed by atoms with Crippen LogP contribution in [0.2, 0.25) is 0 Å². The van der Waals surface area contributed by atoms with Gasteiger partial charge in [-0.25, -0.2) is 4.98 Å². The van der Waals surface area contributed by atoms with Gasteiger partial charge in [0.15, 0.2) is 11.5 Å². The third-order valence-corrected chi connectivity index (χ3v) is 5.80. The molecule has 0 N–H and O–H groups in total. The maximum atomic E-state index is 13.6. The number of nitriles is 1. The number of thiophene rings is 1. The zero-order valence-electron chi connectivity index (χ0n) is 15.4. The number of carbonyl (C=O) groups excluding carboxylic acids is 3. The van der Waals surface area contributed by atoms with Crippen molar-refractivity contribution >= 4 is 40.6 Å². The minimum absolute atomic E-state index is 0.0611. The van der Waals surface area contributed by atoms with E-state index in [0.29, 0.717) is 11.8 Å². The Hall–Kier alpha value is -2.71. The summed E-state index contributed by atoms with van der Waals surface area (Å²) in [6.07, 6.45) is -4.98. The lowest BCUT2D eigenvalue weighted by Gasteiger charge is -2.19. The van der Waals surface area contributed by atoms with Crippen molar-refractivity contribution in [1.82, 2.24) is 9.88 Å². The molecule has 0 saturated carbocycles. The van der Waals surface area contributed by atoms with Crippen molar-refractivity contribution in [1.29, 1.82) is 5.26 Å². The molecule has 0 unspecified atom stereocenters. The van der Waals surface area contributed by atoms with Crippen LogP contribution in [0.25, 0.3) is 0 Å². The lowest BCUT2D eigenvalue weighted by Crippen LogP contribution is -2.36. The Bertz CT molecular complexity index is 996. The third-order valence-electron chi connectivity index (χ3n) is 3.63. The monoisotopic (exact) mass is 441 g/mol. The van der Waals surface area contributed by atoms with Crippen LogP contribution in [0.1, 0.15) is 33.4 Å². The summed E-state index contributed by atoms with van der Waals surface area (Å²) in [7, 11) is 2.78. The van der Waals surface area contributed by atoms with Crippen molar-refractivity contribution in [2.45, 2.75) is 23.4 Å². The summed E-state index contributed by atoms with van der Waals surface area (Å²) >= 11 is 1.41. The highest BCUT2D eigenvalue weighted by atomic mass is 32.2. The molecule has 1 atom stereocenters. The molecule has 0 aliphatic heterocycles. The molecule has 0 saturated heterocycles. The van der Waals surface area contributed by atoms with E-state index in [1.165, 1.54) is 31.6 Å². The minimum Gasteiger partial charge on any atom is -0.347 e. The molecule has 0 aromatic carbocycles. The maximum Gasteiger partial charge on any atom is 0.434 e. The zero-order valence-corrected chi connectivity index (χ0v) is 17.0. The van der Waals surface area contributed by atoms with Crippen LogP contribution in [0, 0.1) is 11.3 Å². The summed E-state index contributed by atoms with van der Waals surface area (Å²) in [5.41, 5.74) is -2.57. The van der Waals surface area contributed by atoms with E-state index in [4.69, 9.17) is 0 Å². The summed E-state index contributed by atoms with van der Waals surface area (Å²) in [5, 5.41) is 9.09. The number of ketones is 2. The molecule has 29 heavy (non-hydrogen) atoms. The van der Waals surface area contributed by atoms with Crippen molar-refractivity contribution in [2.75, 3.05) is 14.1 Å². The molecule has 0 spiro atoms. The normalized spacial score (nSPS) is 12.2. The van der Waals surface area contributed by atoms with Crippen LogP contribution in [0.5, 0.6) is 0 Å². The Labute approximate surface area is 172 Å². The average molecular weight is 441 g/mol. The topological polar surface area (TPSA) is 91.1 Å². The Balaban J connectivity index is 2.63. The number of alkyl halides is 3. The second-order valence-corrected chi connectivity index (χ2v) is 8.04. The number of hydrogen-bond acceptors (Lipinski definition) is 7. The van der Waals surface area contributed by atoms with Gasteiger partial charge < -0.3 is 4.90 Å². The quantitative estimate of drug-likeness (QED) is 0.388. The van der Waals surface area contributed by atoms with Gasteiger partial charge in [-0.2, -0.15) is 18.4 Å². The fourth-order valence-corrected chi connectivity index (χ4v) is 4.00. The van der Waals surface area contributed by atoms with E-state index >= 15 is 0 Å². The Morgan fingerprint density at radius 2 is 1.97 bits per heavy atom. The SMILES string of the molecule is CC(=O)[C@@H](Sc1nc(C(F)(F)F)c(C(=O)c2cccs2)cc1C#N)C(=O)N(C)C. The molecule has 0 aliphatic rings. The van der Waals surface area contributed by atoms with Crippen molar-refractivity contribution < 1.29 is 27.6 Å². The minimum atomic E-state index is -4.98. The van der Waals surface area contributed by atoms with E-state index in [1.807, 2.05) is 0 Å². The fourth-order valence-electron chi connectivity index (χ4n) is 2.25. The Kier molecular flexibility index (Phi) is 6.81. The highest BCUT2D eigenvalue weighted by Gasteiger charge is 2.39. The number of aromatic nitrogens is 1. The second-order valence-electron chi connectivity index (χ2n) is 5.99. The van der Waals surface area contributed by atoms with Gasteiger partial charge in [0.1, 0.15) is 16.3 Å². The number of hydrogen-bond donors (Lipinski definition) is 0. The summed E-state index contributed by atoms with van der Waals surface area (Å²) in [6, 6.07) is 5.37.